The quantitative estimate of drug-likeness (QED) is 0.432. The number of aliphatic hydroxyl groups excluding tert-OH is 2. The largest absolute Gasteiger partial charge is 0.457 e. The number of halogens is 1. The van der Waals surface area contributed by atoms with Crippen molar-refractivity contribution in [3.63, 3.8) is 0 Å². The molecule has 1 fully saturated rings. The lowest BCUT2D eigenvalue weighted by atomic mass is 10.2. The van der Waals surface area contributed by atoms with Gasteiger partial charge in [-0.15, -0.1) is 0 Å². The lowest BCUT2D eigenvalue weighted by Crippen LogP contribution is -2.31. The molecule has 3 atom stereocenters. The Hall–Kier alpha value is -0.130. The van der Waals surface area contributed by atoms with Crippen LogP contribution >= 0.6 is 15.9 Å². The summed E-state index contributed by atoms with van der Waals surface area (Å²) < 4.78 is 4.55. The molecule has 0 bridgehead atoms. The van der Waals surface area contributed by atoms with E-state index in [0.717, 1.165) is 0 Å². The van der Waals surface area contributed by atoms with Crippen LogP contribution in [0.3, 0.4) is 0 Å². The van der Waals surface area contributed by atoms with Crippen molar-refractivity contribution < 1.29 is 19.7 Å². The molecule has 3 unspecified atom stereocenters. The molecule has 2 N–H and O–H groups in total. The minimum atomic E-state index is -1.37. The van der Waals surface area contributed by atoms with Crippen LogP contribution in [-0.2, 0) is 9.53 Å². The van der Waals surface area contributed by atoms with Crippen molar-refractivity contribution in [1.82, 2.24) is 0 Å². The van der Waals surface area contributed by atoms with Crippen molar-refractivity contribution in [3.05, 3.63) is 0 Å². The Morgan fingerprint density at radius 3 is 2.40 bits per heavy atom. The summed E-state index contributed by atoms with van der Waals surface area (Å²) in [6, 6.07) is 0. The third-order valence-electron chi connectivity index (χ3n) is 1.37. The van der Waals surface area contributed by atoms with Crippen LogP contribution in [0.2, 0.25) is 0 Å². The van der Waals surface area contributed by atoms with Gasteiger partial charge in [0.1, 0.15) is 12.2 Å². The van der Waals surface area contributed by atoms with Crippen molar-refractivity contribution in [3.8, 4) is 0 Å². The summed E-state index contributed by atoms with van der Waals surface area (Å²) in [4.78, 5) is 10.5. The van der Waals surface area contributed by atoms with E-state index in [9.17, 15) is 4.79 Å². The second kappa shape index (κ2) is 2.86. The Morgan fingerprint density at radius 1 is 1.60 bits per heavy atom. The Morgan fingerprint density at radius 2 is 2.20 bits per heavy atom. The minimum absolute atomic E-state index is 0.344. The first-order valence-electron chi connectivity index (χ1n) is 2.79. The normalized spacial score (nSPS) is 39.9. The Bertz CT molecular complexity index is 149. The Kier molecular flexibility index (Phi) is 2.28. The fourth-order valence-electron chi connectivity index (χ4n) is 0.754. The molecule has 1 aliphatic rings. The fraction of sp³-hybridized carbons (Fsp3) is 0.800. The molecular weight excluding hydrogens is 204 g/mol. The lowest BCUT2D eigenvalue weighted by Gasteiger charge is -2.08. The smallest absolute Gasteiger partial charge is 0.338 e. The summed E-state index contributed by atoms with van der Waals surface area (Å²) in [6.07, 6.45) is -3.07. The third-order valence-corrected chi connectivity index (χ3v) is 2.00. The van der Waals surface area contributed by atoms with Gasteiger partial charge in [0.2, 0.25) is 0 Å². The molecule has 1 saturated heterocycles. The molecule has 0 aromatic carbocycles. The van der Waals surface area contributed by atoms with Gasteiger partial charge in [-0.3, -0.25) is 0 Å². The SMILES string of the molecule is O=C1OC(CBr)C(O)C1O. The molecule has 0 aromatic rings. The zero-order valence-corrected chi connectivity index (χ0v) is 6.61. The van der Waals surface area contributed by atoms with Crippen LogP contribution in [0.5, 0.6) is 0 Å². The van der Waals surface area contributed by atoms with Gasteiger partial charge in [-0.05, 0) is 0 Å². The van der Waals surface area contributed by atoms with Gasteiger partial charge in [-0.1, -0.05) is 15.9 Å². The minimum Gasteiger partial charge on any atom is -0.457 e. The number of hydrogen-bond donors (Lipinski definition) is 2. The molecule has 0 aromatic heterocycles. The van der Waals surface area contributed by atoms with Crippen LogP contribution < -0.4 is 0 Å². The van der Waals surface area contributed by atoms with Gasteiger partial charge >= 0.3 is 5.97 Å². The van der Waals surface area contributed by atoms with Crippen LogP contribution in [0.4, 0.5) is 0 Å². The molecule has 0 saturated carbocycles. The van der Waals surface area contributed by atoms with E-state index in [0.29, 0.717) is 5.33 Å². The molecule has 0 aliphatic carbocycles. The fourth-order valence-corrected chi connectivity index (χ4v) is 1.27. The maximum absolute atomic E-state index is 10.5. The number of hydrogen-bond acceptors (Lipinski definition) is 4. The highest BCUT2D eigenvalue weighted by molar-refractivity contribution is 9.09. The number of ether oxygens (including phenoxy) is 1. The van der Waals surface area contributed by atoms with Gasteiger partial charge in [-0.2, -0.15) is 0 Å². The van der Waals surface area contributed by atoms with Crippen molar-refractivity contribution in [2.75, 3.05) is 5.33 Å². The van der Waals surface area contributed by atoms with Crippen LogP contribution in [0.15, 0.2) is 0 Å². The number of cyclic esters (lactones) is 1. The van der Waals surface area contributed by atoms with E-state index >= 15 is 0 Å². The predicted molar refractivity (Wildman–Crippen MR) is 35.7 cm³/mol. The average Bonchev–Trinajstić information content (AvgIpc) is 2.17. The van der Waals surface area contributed by atoms with Crippen molar-refractivity contribution >= 4 is 21.9 Å². The average molecular weight is 211 g/mol. The highest BCUT2D eigenvalue weighted by Crippen LogP contribution is 2.16. The summed E-state index contributed by atoms with van der Waals surface area (Å²) in [6.45, 7) is 0. The predicted octanol–water partition coefficient (Wildman–Crippen LogP) is -0.972. The van der Waals surface area contributed by atoms with Crippen molar-refractivity contribution in [2.45, 2.75) is 18.3 Å². The third kappa shape index (κ3) is 1.16. The molecule has 58 valence electrons. The molecule has 4 nitrogen and oxygen atoms in total. The van der Waals surface area contributed by atoms with E-state index in [4.69, 9.17) is 10.2 Å². The molecule has 5 heteroatoms. The zero-order chi connectivity index (χ0) is 7.72. The van der Waals surface area contributed by atoms with Crippen LogP contribution in [0.1, 0.15) is 0 Å². The summed E-state index contributed by atoms with van der Waals surface area (Å²) in [5, 5.41) is 18.2. The van der Waals surface area contributed by atoms with Crippen LogP contribution in [0, 0.1) is 0 Å². The molecule has 1 aliphatic heterocycles. The van der Waals surface area contributed by atoms with Gasteiger partial charge in [0, 0.05) is 5.33 Å². The molecule has 1 rings (SSSR count). The van der Waals surface area contributed by atoms with E-state index in [1.54, 1.807) is 0 Å². The number of rotatable bonds is 1. The Labute approximate surface area is 65.9 Å². The molecule has 0 amide bonds. The van der Waals surface area contributed by atoms with Gasteiger partial charge in [-0.25, -0.2) is 4.79 Å². The van der Waals surface area contributed by atoms with Gasteiger partial charge < -0.3 is 14.9 Å². The van der Waals surface area contributed by atoms with E-state index in [1.807, 2.05) is 0 Å². The van der Waals surface area contributed by atoms with Gasteiger partial charge in [0.05, 0.1) is 0 Å². The monoisotopic (exact) mass is 210 g/mol. The first kappa shape index (κ1) is 7.97. The first-order valence-corrected chi connectivity index (χ1v) is 3.91. The van der Waals surface area contributed by atoms with Crippen molar-refractivity contribution in [1.29, 1.82) is 0 Å². The standard InChI is InChI=1S/C5H7BrO4/c6-1-2-3(7)4(8)5(9)10-2/h2-4,7-8H,1H2. The van der Waals surface area contributed by atoms with Crippen LogP contribution in [0.25, 0.3) is 0 Å². The van der Waals surface area contributed by atoms with E-state index in [-0.39, 0.29) is 0 Å². The lowest BCUT2D eigenvalue weighted by molar-refractivity contribution is -0.146. The number of aliphatic hydroxyl groups is 2. The highest BCUT2D eigenvalue weighted by atomic mass is 79.9. The van der Waals surface area contributed by atoms with E-state index < -0.39 is 24.3 Å². The number of carbonyl (C=O) groups is 1. The highest BCUT2D eigenvalue weighted by Gasteiger charge is 2.41. The maximum Gasteiger partial charge on any atom is 0.338 e. The molecule has 1 heterocycles. The maximum atomic E-state index is 10.5. The van der Waals surface area contributed by atoms with Crippen molar-refractivity contribution in [2.24, 2.45) is 0 Å². The molecule has 10 heavy (non-hydrogen) atoms. The van der Waals surface area contributed by atoms with Gasteiger partial charge in [0.25, 0.3) is 0 Å². The van der Waals surface area contributed by atoms with E-state index in [2.05, 4.69) is 20.7 Å². The van der Waals surface area contributed by atoms with Gasteiger partial charge in [0.15, 0.2) is 6.10 Å². The summed E-state index contributed by atoms with van der Waals surface area (Å²) in [5.74, 6) is -0.753. The summed E-state index contributed by atoms with van der Waals surface area (Å²) >= 11 is 3.02. The Balaban J connectivity index is 2.61. The second-order valence-electron chi connectivity index (χ2n) is 2.07. The number of alkyl halides is 1. The topological polar surface area (TPSA) is 66.8 Å². The number of esters is 1. The molecule has 0 spiro atoms. The summed E-state index contributed by atoms with van der Waals surface area (Å²) in [7, 11) is 0. The molecular formula is C5H7BrO4. The van der Waals surface area contributed by atoms with Crippen LogP contribution in [-0.4, -0.2) is 39.8 Å². The van der Waals surface area contributed by atoms with E-state index in [1.165, 1.54) is 0 Å². The first-order chi connectivity index (χ1) is 4.66. The second-order valence-corrected chi connectivity index (χ2v) is 2.71. The summed E-state index contributed by atoms with van der Waals surface area (Å²) in [5.41, 5.74) is 0. The molecule has 0 radical (unpaired) electrons. The number of carbonyl (C=O) groups excluding carboxylic acids is 1. The zero-order valence-electron chi connectivity index (χ0n) is 5.03.